The molecule has 7 heteroatoms. The van der Waals surface area contributed by atoms with Crippen LogP contribution < -0.4 is 15.0 Å². The predicted octanol–water partition coefficient (Wildman–Crippen LogP) is 2.89. The molecule has 0 bridgehead atoms. The first-order valence-corrected chi connectivity index (χ1v) is 9.61. The van der Waals surface area contributed by atoms with Gasteiger partial charge in [0.2, 0.25) is 0 Å². The van der Waals surface area contributed by atoms with E-state index in [0.29, 0.717) is 22.3 Å². The monoisotopic (exact) mass is 397 g/mol. The first-order chi connectivity index (χ1) is 12.6. The van der Waals surface area contributed by atoms with Gasteiger partial charge in [0.1, 0.15) is 5.75 Å². The van der Waals surface area contributed by atoms with Gasteiger partial charge in [0.15, 0.2) is 18.4 Å². The highest BCUT2D eigenvalue weighted by Crippen LogP contribution is 2.27. The number of amides is 1. The molecule has 0 unspecified atom stereocenters. The average Bonchev–Trinajstić information content (AvgIpc) is 3.16. The zero-order chi connectivity index (χ0) is 18.4. The standard InChI is InChI=1S/C19H22Cl2N2O3/c20-14-6-7-17(15(21)11-14)26-13-19(24)22-12-16(18-5-4-10-25-18)23-8-2-1-3-9-23/h4-7,10-11,16H,1-3,8-9,12-13H2,(H,22,24)/p+1/t16-/m1/s1. The third kappa shape index (κ3) is 5.16. The van der Waals surface area contributed by atoms with E-state index < -0.39 is 0 Å². The van der Waals surface area contributed by atoms with Crippen molar-refractivity contribution < 1.29 is 18.8 Å². The number of hydrogen-bond donors (Lipinski definition) is 2. The second-order valence-corrected chi connectivity index (χ2v) is 7.30. The highest BCUT2D eigenvalue weighted by atomic mass is 35.5. The lowest BCUT2D eigenvalue weighted by molar-refractivity contribution is -0.936. The highest BCUT2D eigenvalue weighted by molar-refractivity contribution is 6.35. The van der Waals surface area contributed by atoms with E-state index in [2.05, 4.69) is 5.32 Å². The van der Waals surface area contributed by atoms with E-state index >= 15 is 0 Å². The quantitative estimate of drug-likeness (QED) is 0.754. The number of likely N-dealkylation sites (tertiary alicyclic amines) is 1. The lowest BCUT2D eigenvalue weighted by Gasteiger charge is -2.30. The Morgan fingerprint density at radius 3 is 2.73 bits per heavy atom. The predicted molar refractivity (Wildman–Crippen MR) is 101 cm³/mol. The van der Waals surface area contributed by atoms with Crippen molar-refractivity contribution in [1.29, 1.82) is 0 Å². The first-order valence-electron chi connectivity index (χ1n) is 8.86. The summed E-state index contributed by atoms with van der Waals surface area (Å²) in [4.78, 5) is 13.7. The minimum Gasteiger partial charge on any atom is -0.482 e. The normalized spacial score (nSPS) is 16.2. The third-order valence-electron chi connectivity index (χ3n) is 4.63. The van der Waals surface area contributed by atoms with E-state index in [4.69, 9.17) is 32.4 Å². The molecule has 1 fully saturated rings. The fraction of sp³-hybridized carbons (Fsp3) is 0.421. The molecule has 3 rings (SSSR count). The Morgan fingerprint density at radius 2 is 2.04 bits per heavy atom. The van der Waals surface area contributed by atoms with Crippen molar-refractivity contribution in [2.45, 2.75) is 25.3 Å². The number of halogens is 2. The lowest BCUT2D eigenvalue weighted by Crippen LogP contribution is -3.13. The van der Waals surface area contributed by atoms with Gasteiger partial charge in [-0.05, 0) is 49.6 Å². The van der Waals surface area contributed by atoms with Crippen molar-refractivity contribution in [3.63, 3.8) is 0 Å². The van der Waals surface area contributed by atoms with Crippen LogP contribution in [0.4, 0.5) is 0 Å². The molecule has 2 N–H and O–H groups in total. The zero-order valence-electron chi connectivity index (χ0n) is 14.5. The van der Waals surface area contributed by atoms with Crippen LogP contribution in [0.25, 0.3) is 0 Å². The minimum atomic E-state index is -0.191. The molecule has 1 amide bonds. The number of quaternary nitrogens is 1. The van der Waals surface area contributed by atoms with Crippen molar-refractivity contribution in [3.8, 4) is 5.75 Å². The van der Waals surface area contributed by atoms with E-state index in [0.717, 1.165) is 18.8 Å². The van der Waals surface area contributed by atoms with E-state index in [1.54, 1.807) is 24.5 Å². The van der Waals surface area contributed by atoms with Crippen molar-refractivity contribution in [2.75, 3.05) is 26.2 Å². The Balaban J connectivity index is 1.53. The van der Waals surface area contributed by atoms with Crippen LogP contribution in [0.2, 0.25) is 10.0 Å². The van der Waals surface area contributed by atoms with Crippen LogP contribution in [0.1, 0.15) is 31.1 Å². The van der Waals surface area contributed by atoms with Gasteiger partial charge in [0, 0.05) is 5.02 Å². The van der Waals surface area contributed by atoms with Gasteiger partial charge in [-0.1, -0.05) is 23.2 Å². The maximum absolute atomic E-state index is 12.2. The van der Waals surface area contributed by atoms with Crippen molar-refractivity contribution in [1.82, 2.24) is 5.32 Å². The number of piperidine rings is 1. The number of carbonyl (C=O) groups excluding carboxylic acids is 1. The Morgan fingerprint density at radius 1 is 1.23 bits per heavy atom. The van der Waals surface area contributed by atoms with Gasteiger partial charge in [-0.3, -0.25) is 4.79 Å². The number of nitrogens with one attached hydrogen (secondary N) is 2. The summed E-state index contributed by atoms with van der Waals surface area (Å²) in [6.45, 7) is 2.61. The molecule has 1 aliphatic rings. The molecule has 1 aromatic carbocycles. The summed E-state index contributed by atoms with van der Waals surface area (Å²) in [6.07, 6.45) is 5.37. The maximum Gasteiger partial charge on any atom is 0.258 e. The molecule has 1 aromatic heterocycles. The Labute approximate surface area is 163 Å². The summed E-state index contributed by atoms with van der Waals surface area (Å²) >= 11 is 11.9. The fourth-order valence-electron chi connectivity index (χ4n) is 3.29. The highest BCUT2D eigenvalue weighted by Gasteiger charge is 2.28. The molecular formula is C19H23Cl2N2O3+. The Bertz CT molecular complexity index is 716. The molecule has 2 heterocycles. The van der Waals surface area contributed by atoms with Gasteiger partial charge in [-0.25, -0.2) is 0 Å². The maximum atomic E-state index is 12.2. The zero-order valence-corrected chi connectivity index (χ0v) is 16.0. The molecular weight excluding hydrogens is 375 g/mol. The van der Waals surface area contributed by atoms with Crippen molar-refractivity contribution in [2.24, 2.45) is 0 Å². The van der Waals surface area contributed by atoms with E-state index in [1.807, 2.05) is 12.1 Å². The van der Waals surface area contributed by atoms with Gasteiger partial charge in [-0.15, -0.1) is 0 Å². The van der Waals surface area contributed by atoms with Crippen LogP contribution >= 0.6 is 23.2 Å². The van der Waals surface area contributed by atoms with Gasteiger partial charge >= 0.3 is 0 Å². The second kappa shape index (κ2) is 9.31. The molecule has 1 aliphatic heterocycles. The summed E-state index contributed by atoms with van der Waals surface area (Å²) in [6, 6.07) is 8.90. The number of benzene rings is 1. The largest absolute Gasteiger partial charge is 0.482 e. The summed E-state index contributed by atoms with van der Waals surface area (Å²) in [5.74, 6) is 1.16. The molecule has 26 heavy (non-hydrogen) atoms. The SMILES string of the molecule is O=C(COc1ccc(Cl)cc1Cl)NC[C@H](c1ccco1)[NH+]1CCCCC1. The van der Waals surface area contributed by atoms with Crippen LogP contribution in [0.3, 0.4) is 0 Å². The molecule has 0 saturated carbocycles. The van der Waals surface area contributed by atoms with Gasteiger partial charge in [0.05, 0.1) is 30.9 Å². The number of hydrogen-bond acceptors (Lipinski definition) is 3. The molecule has 2 aromatic rings. The average molecular weight is 398 g/mol. The number of ether oxygens (including phenoxy) is 1. The van der Waals surface area contributed by atoms with E-state index in [9.17, 15) is 4.79 Å². The van der Waals surface area contributed by atoms with Crippen LogP contribution in [-0.4, -0.2) is 32.1 Å². The van der Waals surface area contributed by atoms with E-state index in [1.165, 1.54) is 24.2 Å². The molecule has 0 radical (unpaired) electrons. The number of rotatable bonds is 7. The van der Waals surface area contributed by atoms with Gasteiger partial charge in [-0.2, -0.15) is 0 Å². The second-order valence-electron chi connectivity index (χ2n) is 6.45. The molecule has 1 saturated heterocycles. The summed E-state index contributed by atoms with van der Waals surface area (Å²) in [5.41, 5.74) is 0. The number of furan rings is 1. The van der Waals surface area contributed by atoms with Crippen LogP contribution in [-0.2, 0) is 4.79 Å². The smallest absolute Gasteiger partial charge is 0.258 e. The molecule has 140 valence electrons. The summed E-state index contributed by atoms with van der Waals surface area (Å²) in [7, 11) is 0. The van der Waals surface area contributed by atoms with Gasteiger partial charge < -0.3 is 19.4 Å². The number of carbonyl (C=O) groups is 1. The molecule has 0 spiro atoms. The molecule has 1 atom stereocenters. The van der Waals surface area contributed by atoms with Crippen LogP contribution in [0.5, 0.6) is 5.75 Å². The van der Waals surface area contributed by atoms with Crippen molar-refractivity contribution >= 4 is 29.1 Å². The van der Waals surface area contributed by atoms with Gasteiger partial charge in [0.25, 0.3) is 5.91 Å². The topological polar surface area (TPSA) is 55.9 Å². The van der Waals surface area contributed by atoms with E-state index in [-0.39, 0.29) is 18.6 Å². The lowest BCUT2D eigenvalue weighted by atomic mass is 10.1. The first kappa shape index (κ1) is 19.1. The van der Waals surface area contributed by atoms with Crippen LogP contribution in [0, 0.1) is 0 Å². The summed E-state index contributed by atoms with van der Waals surface area (Å²) < 4.78 is 11.1. The summed E-state index contributed by atoms with van der Waals surface area (Å²) in [5, 5.41) is 3.87. The Hall–Kier alpha value is -1.69. The Kier molecular flexibility index (Phi) is 6.83. The third-order valence-corrected chi connectivity index (χ3v) is 5.16. The molecule has 0 aliphatic carbocycles. The minimum absolute atomic E-state index is 0.0957. The van der Waals surface area contributed by atoms with Crippen LogP contribution in [0.15, 0.2) is 41.0 Å². The van der Waals surface area contributed by atoms with Crippen molar-refractivity contribution in [3.05, 3.63) is 52.4 Å². The molecule has 5 nitrogen and oxygen atoms in total. The fourth-order valence-corrected chi connectivity index (χ4v) is 3.76.